The Morgan fingerprint density at radius 1 is 1.14 bits per heavy atom. The smallest absolute Gasteiger partial charge is 0.417 e. The van der Waals surface area contributed by atoms with E-state index in [4.69, 9.17) is 4.74 Å². The van der Waals surface area contributed by atoms with Crippen LogP contribution in [0.15, 0.2) is 41.8 Å². The van der Waals surface area contributed by atoms with Crippen LogP contribution in [0, 0.1) is 11.3 Å². The molecule has 5 rings (SSSR count). The highest BCUT2D eigenvalue weighted by atomic mass is 19.4. The number of aryl methyl sites for hydroxylation is 2. The number of rotatable bonds is 5. The summed E-state index contributed by atoms with van der Waals surface area (Å²) in [6, 6.07) is 2.77. The molecule has 0 fully saturated rings. The Morgan fingerprint density at radius 3 is 2.62 bits per heavy atom. The lowest BCUT2D eigenvalue weighted by Crippen LogP contribution is -2.23. The van der Waals surface area contributed by atoms with Gasteiger partial charge in [0, 0.05) is 39.7 Å². The Balaban J connectivity index is 1.59. The molecule has 0 saturated carbocycles. The highest BCUT2D eigenvalue weighted by molar-refractivity contribution is 5.85. The number of hydrogen-bond donors (Lipinski definition) is 2. The number of pyridine rings is 2. The molecule has 12 nitrogen and oxygen atoms in total. The van der Waals surface area contributed by atoms with E-state index in [1.54, 1.807) is 24.0 Å². The largest absolute Gasteiger partial charge is 0.450 e. The zero-order valence-electron chi connectivity index (χ0n) is 19.5. The van der Waals surface area contributed by atoms with Gasteiger partial charge in [-0.2, -0.15) is 28.5 Å². The second kappa shape index (κ2) is 8.52. The maximum Gasteiger partial charge on any atom is 0.417 e. The number of nitrogens with one attached hydrogen (secondary N) is 2. The number of imidazole rings is 1. The molecule has 5 aromatic rings. The van der Waals surface area contributed by atoms with Gasteiger partial charge in [-0.05, 0) is 6.07 Å². The van der Waals surface area contributed by atoms with Gasteiger partial charge in [0.25, 0.3) is 5.56 Å². The Labute approximate surface area is 205 Å². The molecule has 0 radical (unpaired) electrons. The minimum atomic E-state index is -4.66. The first-order valence-corrected chi connectivity index (χ1v) is 10.6. The van der Waals surface area contributed by atoms with Crippen LogP contribution in [-0.4, -0.2) is 40.7 Å². The van der Waals surface area contributed by atoms with E-state index in [1.165, 1.54) is 31.1 Å². The van der Waals surface area contributed by atoms with E-state index < -0.39 is 17.3 Å². The summed E-state index contributed by atoms with van der Waals surface area (Å²) in [5.74, 6) is 0.908. The van der Waals surface area contributed by atoms with Crippen LogP contribution in [0.2, 0.25) is 0 Å². The number of halogens is 3. The van der Waals surface area contributed by atoms with Crippen LogP contribution in [0.25, 0.3) is 16.7 Å². The van der Waals surface area contributed by atoms with Gasteiger partial charge in [-0.25, -0.2) is 14.5 Å². The van der Waals surface area contributed by atoms with Crippen molar-refractivity contribution in [2.45, 2.75) is 6.18 Å². The number of hydrogen-bond acceptors (Lipinski definition) is 9. The zero-order valence-corrected chi connectivity index (χ0v) is 19.5. The van der Waals surface area contributed by atoms with Gasteiger partial charge < -0.3 is 24.5 Å². The average Bonchev–Trinajstić information content (AvgIpc) is 3.42. The lowest BCUT2D eigenvalue weighted by Gasteiger charge is -2.12. The maximum atomic E-state index is 13.3. The summed E-state index contributed by atoms with van der Waals surface area (Å²) in [5.41, 5.74) is -1.08. The Morgan fingerprint density at radius 2 is 1.92 bits per heavy atom. The van der Waals surface area contributed by atoms with Crippen molar-refractivity contribution in [3.8, 4) is 17.6 Å². The highest BCUT2D eigenvalue weighted by Crippen LogP contribution is 2.35. The molecule has 0 aliphatic rings. The first-order valence-electron chi connectivity index (χ1n) is 10.6. The van der Waals surface area contributed by atoms with Gasteiger partial charge in [0.1, 0.15) is 22.8 Å². The molecule has 5 heterocycles. The molecule has 15 heteroatoms. The Kier molecular flexibility index (Phi) is 5.43. The number of anilines is 3. The number of ether oxygens (including phenoxy) is 1. The molecule has 0 aliphatic heterocycles. The summed E-state index contributed by atoms with van der Waals surface area (Å²) < 4.78 is 49.6. The third-order valence-electron chi connectivity index (χ3n) is 5.59. The molecule has 0 atom stereocenters. The van der Waals surface area contributed by atoms with Crippen molar-refractivity contribution in [3.63, 3.8) is 0 Å². The quantitative estimate of drug-likeness (QED) is 0.365. The molecule has 2 N–H and O–H groups in total. The van der Waals surface area contributed by atoms with Gasteiger partial charge in [-0.3, -0.25) is 4.79 Å². The molecule has 0 amide bonds. The van der Waals surface area contributed by atoms with E-state index in [9.17, 15) is 23.2 Å². The van der Waals surface area contributed by atoms with Crippen LogP contribution >= 0.6 is 0 Å². The molecule has 0 saturated heterocycles. The van der Waals surface area contributed by atoms with Crippen molar-refractivity contribution in [2.75, 3.05) is 17.7 Å². The van der Waals surface area contributed by atoms with Crippen LogP contribution in [0.1, 0.15) is 11.1 Å². The minimum absolute atomic E-state index is 0.00484. The van der Waals surface area contributed by atoms with Gasteiger partial charge in [0.05, 0.1) is 18.0 Å². The molecule has 188 valence electrons. The molecular formula is C22H17F3N10O2. The van der Waals surface area contributed by atoms with Crippen molar-refractivity contribution in [2.24, 2.45) is 14.1 Å². The number of nitriles is 1. The zero-order chi connectivity index (χ0) is 26.5. The fourth-order valence-corrected chi connectivity index (χ4v) is 3.82. The predicted molar refractivity (Wildman–Crippen MR) is 126 cm³/mol. The number of fused-ring (bicyclic) bond motifs is 2. The summed E-state index contributed by atoms with van der Waals surface area (Å²) >= 11 is 0. The van der Waals surface area contributed by atoms with E-state index in [2.05, 4.69) is 36.8 Å². The van der Waals surface area contributed by atoms with E-state index in [0.29, 0.717) is 29.3 Å². The molecule has 0 bridgehead atoms. The van der Waals surface area contributed by atoms with Crippen LogP contribution < -0.4 is 20.9 Å². The minimum Gasteiger partial charge on any atom is -0.450 e. The number of nitrogens with zero attached hydrogens (tertiary/aromatic N) is 8. The van der Waals surface area contributed by atoms with Crippen molar-refractivity contribution in [3.05, 3.63) is 58.5 Å². The van der Waals surface area contributed by atoms with E-state index in [-0.39, 0.29) is 34.1 Å². The first-order chi connectivity index (χ1) is 17.6. The first kappa shape index (κ1) is 23.6. The van der Waals surface area contributed by atoms with E-state index in [1.807, 2.05) is 0 Å². The van der Waals surface area contributed by atoms with Gasteiger partial charge in [0.15, 0.2) is 28.5 Å². The van der Waals surface area contributed by atoms with E-state index >= 15 is 0 Å². The van der Waals surface area contributed by atoms with Crippen LogP contribution in [0.3, 0.4) is 0 Å². The number of aromatic nitrogens is 7. The Hall–Kier alpha value is -5.13. The topological polar surface area (TPSA) is 140 Å². The maximum absolute atomic E-state index is 13.3. The second-order valence-electron chi connectivity index (χ2n) is 7.89. The van der Waals surface area contributed by atoms with Crippen LogP contribution in [0.4, 0.5) is 30.6 Å². The standard InChI is InChI=1S/C22H17F3N10O2/c1-27-18-17-15(9-30-35(17)5-4-28-18)37-14-8-29-19-16(12(14)7-26)34(3)21(32-19)31-13-6-11(22(23,24)25)10-33(2)20(13)36/h4-6,8-10H,1-3H3,(H,27,28)(H,29,31,32). The third kappa shape index (κ3) is 3.93. The Bertz CT molecular complexity index is 1780. The third-order valence-corrected chi connectivity index (χ3v) is 5.59. The van der Waals surface area contributed by atoms with Crippen molar-refractivity contribution < 1.29 is 17.9 Å². The van der Waals surface area contributed by atoms with Gasteiger partial charge in [-0.15, -0.1) is 0 Å². The summed E-state index contributed by atoms with van der Waals surface area (Å²) in [7, 11) is 4.43. The molecular weight excluding hydrogens is 493 g/mol. The van der Waals surface area contributed by atoms with Gasteiger partial charge >= 0.3 is 6.18 Å². The van der Waals surface area contributed by atoms with Gasteiger partial charge in [-0.1, -0.05) is 0 Å². The normalized spacial score (nSPS) is 11.6. The summed E-state index contributed by atoms with van der Waals surface area (Å²) in [6.07, 6.45) is 2.01. The fraction of sp³-hybridized carbons (Fsp3) is 0.182. The summed E-state index contributed by atoms with van der Waals surface area (Å²) in [5, 5.41) is 19.7. The molecule has 5 aromatic heterocycles. The molecule has 37 heavy (non-hydrogen) atoms. The fourth-order valence-electron chi connectivity index (χ4n) is 3.82. The summed E-state index contributed by atoms with van der Waals surface area (Å²) in [6.45, 7) is 0. The average molecular weight is 510 g/mol. The molecule has 0 aromatic carbocycles. The SMILES string of the molecule is CNc1nccn2ncc(Oc3cnc4nc(Nc5cc(C(F)(F)F)cn(C)c5=O)n(C)c4c3C#N)c12. The van der Waals surface area contributed by atoms with Gasteiger partial charge in [0.2, 0.25) is 5.95 Å². The number of alkyl halides is 3. The molecule has 0 aliphatic carbocycles. The molecule has 0 unspecified atom stereocenters. The monoisotopic (exact) mass is 510 g/mol. The predicted octanol–water partition coefficient (Wildman–Crippen LogP) is 3.18. The van der Waals surface area contributed by atoms with E-state index in [0.717, 1.165) is 4.57 Å². The van der Waals surface area contributed by atoms with Crippen LogP contribution in [-0.2, 0) is 20.3 Å². The lowest BCUT2D eigenvalue weighted by molar-refractivity contribution is -0.138. The summed E-state index contributed by atoms with van der Waals surface area (Å²) in [4.78, 5) is 25.2. The van der Waals surface area contributed by atoms with Crippen molar-refractivity contribution >= 4 is 34.1 Å². The lowest BCUT2D eigenvalue weighted by atomic mass is 10.2. The van der Waals surface area contributed by atoms with Crippen molar-refractivity contribution in [1.82, 2.24) is 33.7 Å². The van der Waals surface area contributed by atoms with Crippen molar-refractivity contribution in [1.29, 1.82) is 5.26 Å². The van der Waals surface area contributed by atoms with Crippen LogP contribution in [0.5, 0.6) is 11.5 Å². The molecule has 0 spiro atoms. The second-order valence-corrected chi connectivity index (χ2v) is 7.89. The highest BCUT2D eigenvalue weighted by Gasteiger charge is 2.32.